The zero-order valence-electron chi connectivity index (χ0n) is 10.3. The Bertz CT molecular complexity index is 467. The fourth-order valence-electron chi connectivity index (χ4n) is 1.81. The van der Waals surface area contributed by atoms with Crippen LogP contribution in [0.2, 0.25) is 5.02 Å². The first kappa shape index (κ1) is 12.2. The Kier molecular flexibility index (Phi) is 3.29. The van der Waals surface area contributed by atoms with E-state index >= 15 is 0 Å². The Balaban J connectivity index is 2.36. The highest BCUT2D eigenvalue weighted by Crippen LogP contribution is 2.38. The molecule has 3 nitrogen and oxygen atoms in total. The van der Waals surface area contributed by atoms with Crippen LogP contribution in [0.15, 0.2) is 6.07 Å². The second-order valence-electron chi connectivity index (χ2n) is 4.47. The predicted octanol–water partition coefficient (Wildman–Crippen LogP) is 3.31. The predicted molar refractivity (Wildman–Crippen MR) is 68.8 cm³/mol. The van der Waals surface area contributed by atoms with Gasteiger partial charge in [0.2, 0.25) is 5.91 Å². The molecule has 1 aliphatic rings. The number of carbonyl (C=O) groups is 1. The molecule has 1 aliphatic carbocycles. The molecule has 0 heterocycles. The molecule has 0 radical (unpaired) electrons. The van der Waals surface area contributed by atoms with Crippen LogP contribution in [0.5, 0.6) is 5.75 Å². The summed E-state index contributed by atoms with van der Waals surface area (Å²) in [4.78, 5) is 11.8. The molecule has 0 atom stereocenters. The van der Waals surface area contributed by atoms with Crippen LogP contribution in [0.3, 0.4) is 0 Å². The number of aryl methyl sites for hydroxylation is 1. The third-order valence-corrected chi connectivity index (χ3v) is 3.64. The van der Waals surface area contributed by atoms with Crippen LogP contribution in [0, 0.1) is 19.8 Å². The molecule has 17 heavy (non-hydrogen) atoms. The lowest BCUT2D eigenvalue weighted by Crippen LogP contribution is -2.15. The number of methoxy groups -OCH3 is 1. The Morgan fingerprint density at radius 1 is 1.47 bits per heavy atom. The first-order valence-corrected chi connectivity index (χ1v) is 6.07. The molecule has 0 aromatic heterocycles. The van der Waals surface area contributed by atoms with Crippen LogP contribution >= 0.6 is 11.6 Å². The van der Waals surface area contributed by atoms with E-state index in [2.05, 4.69) is 5.32 Å². The van der Waals surface area contributed by atoms with Crippen molar-refractivity contribution in [2.24, 2.45) is 5.92 Å². The van der Waals surface area contributed by atoms with Crippen molar-refractivity contribution >= 4 is 23.2 Å². The smallest absolute Gasteiger partial charge is 0.227 e. The summed E-state index contributed by atoms with van der Waals surface area (Å²) < 4.78 is 5.29. The van der Waals surface area contributed by atoms with Crippen molar-refractivity contribution < 1.29 is 9.53 Å². The maximum Gasteiger partial charge on any atom is 0.227 e. The largest absolute Gasteiger partial charge is 0.495 e. The zero-order valence-corrected chi connectivity index (χ0v) is 11.0. The van der Waals surface area contributed by atoms with Gasteiger partial charge in [0.1, 0.15) is 5.75 Å². The van der Waals surface area contributed by atoms with Crippen LogP contribution in [-0.4, -0.2) is 13.0 Å². The normalized spacial score (nSPS) is 14.6. The van der Waals surface area contributed by atoms with Crippen molar-refractivity contribution in [3.63, 3.8) is 0 Å². The maximum atomic E-state index is 11.8. The summed E-state index contributed by atoms with van der Waals surface area (Å²) in [7, 11) is 1.59. The minimum Gasteiger partial charge on any atom is -0.495 e. The van der Waals surface area contributed by atoms with Crippen LogP contribution in [0.1, 0.15) is 24.0 Å². The molecule has 2 rings (SSSR count). The fourth-order valence-corrected chi connectivity index (χ4v) is 1.96. The molecule has 1 aromatic carbocycles. The Labute approximate surface area is 106 Å². The van der Waals surface area contributed by atoms with Gasteiger partial charge in [-0.2, -0.15) is 0 Å². The minimum atomic E-state index is 0.0614. The standard InChI is InChI=1S/C13H16ClNO2/c1-7-6-10(17-3)12(8(2)11(7)14)15-13(16)9-4-5-9/h6,9H,4-5H2,1-3H3,(H,15,16). The number of amides is 1. The molecule has 0 unspecified atom stereocenters. The molecule has 1 amide bonds. The molecule has 1 saturated carbocycles. The molecular weight excluding hydrogens is 238 g/mol. The number of rotatable bonds is 3. The average molecular weight is 254 g/mol. The van der Waals surface area contributed by atoms with Crippen LogP contribution in [0.25, 0.3) is 0 Å². The van der Waals surface area contributed by atoms with E-state index in [-0.39, 0.29) is 11.8 Å². The van der Waals surface area contributed by atoms with Crippen LogP contribution < -0.4 is 10.1 Å². The topological polar surface area (TPSA) is 38.3 Å². The van der Waals surface area contributed by atoms with E-state index in [4.69, 9.17) is 16.3 Å². The van der Waals surface area contributed by atoms with Crippen LogP contribution in [-0.2, 0) is 4.79 Å². The van der Waals surface area contributed by atoms with E-state index in [0.717, 1.165) is 24.0 Å². The van der Waals surface area contributed by atoms with E-state index < -0.39 is 0 Å². The summed E-state index contributed by atoms with van der Waals surface area (Å²) in [6.07, 6.45) is 1.96. The summed E-state index contributed by atoms with van der Waals surface area (Å²) in [5.41, 5.74) is 2.50. The highest BCUT2D eigenvalue weighted by atomic mass is 35.5. The number of ether oxygens (including phenoxy) is 1. The van der Waals surface area contributed by atoms with Gasteiger partial charge in [0.05, 0.1) is 12.8 Å². The van der Waals surface area contributed by atoms with Gasteiger partial charge >= 0.3 is 0 Å². The van der Waals surface area contributed by atoms with E-state index in [1.165, 1.54) is 0 Å². The van der Waals surface area contributed by atoms with Gasteiger partial charge < -0.3 is 10.1 Å². The second kappa shape index (κ2) is 4.57. The highest BCUT2D eigenvalue weighted by Gasteiger charge is 2.30. The molecule has 1 aromatic rings. The molecule has 0 bridgehead atoms. The molecule has 0 saturated heterocycles. The van der Waals surface area contributed by atoms with Crippen LogP contribution in [0.4, 0.5) is 5.69 Å². The fraction of sp³-hybridized carbons (Fsp3) is 0.462. The van der Waals surface area contributed by atoms with Gasteiger partial charge in [-0.3, -0.25) is 4.79 Å². The monoisotopic (exact) mass is 253 g/mol. The Morgan fingerprint density at radius 2 is 2.12 bits per heavy atom. The first-order chi connectivity index (χ1) is 8.04. The van der Waals surface area contributed by atoms with E-state index in [1.807, 2.05) is 19.9 Å². The van der Waals surface area contributed by atoms with Gasteiger partial charge in [-0.25, -0.2) is 0 Å². The second-order valence-corrected chi connectivity index (χ2v) is 4.85. The van der Waals surface area contributed by atoms with Gasteiger partial charge in [-0.05, 0) is 43.9 Å². The molecule has 1 fully saturated rings. The quantitative estimate of drug-likeness (QED) is 0.898. The number of hydrogen-bond acceptors (Lipinski definition) is 2. The SMILES string of the molecule is COc1cc(C)c(Cl)c(C)c1NC(=O)C1CC1. The molecule has 4 heteroatoms. The zero-order chi connectivity index (χ0) is 12.6. The van der Waals surface area contributed by atoms with Gasteiger partial charge in [-0.1, -0.05) is 11.6 Å². The van der Waals surface area contributed by atoms with E-state index in [0.29, 0.717) is 16.5 Å². The third-order valence-electron chi connectivity index (χ3n) is 3.06. The molecule has 1 N–H and O–H groups in total. The van der Waals surface area contributed by atoms with Crippen molar-refractivity contribution in [1.29, 1.82) is 0 Å². The van der Waals surface area contributed by atoms with Gasteiger partial charge in [0.25, 0.3) is 0 Å². The van der Waals surface area contributed by atoms with Crippen molar-refractivity contribution in [2.45, 2.75) is 26.7 Å². The molecule has 92 valence electrons. The number of halogens is 1. The van der Waals surface area contributed by atoms with Gasteiger partial charge in [-0.15, -0.1) is 0 Å². The van der Waals surface area contributed by atoms with Crippen molar-refractivity contribution in [3.8, 4) is 5.75 Å². The number of anilines is 1. The lowest BCUT2D eigenvalue weighted by molar-refractivity contribution is -0.117. The summed E-state index contributed by atoms with van der Waals surface area (Å²) in [5, 5.41) is 3.59. The first-order valence-electron chi connectivity index (χ1n) is 5.69. The van der Waals surface area contributed by atoms with Gasteiger partial charge in [0, 0.05) is 10.9 Å². The lowest BCUT2D eigenvalue weighted by atomic mass is 10.1. The number of carbonyl (C=O) groups excluding carboxylic acids is 1. The Hall–Kier alpha value is -1.22. The van der Waals surface area contributed by atoms with Gasteiger partial charge in [0.15, 0.2) is 0 Å². The summed E-state index contributed by atoms with van der Waals surface area (Å²) in [6, 6.07) is 1.85. The average Bonchev–Trinajstić information content (AvgIpc) is 3.13. The summed E-state index contributed by atoms with van der Waals surface area (Å²) in [6.45, 7) is 3.81. The minimum absolute atomic E-state index is 0.0614. The van der Waals surface area contributed by atoms with Crippen molar-refractivity contribution in [1.82, 2.24) is 0 Å². The van der Waals surface area contributed by atoms with E-state index in [9.17, 15) is 4.79 Å². The Morgan fingerprint density at radius 3 is 2.65 bits per heavy atom. The third kappa shape index (κ3) is 2.39. The number of hydrogen-bond donors (Lipinski definition) is 1. The summed E-state index contributed by atoms with van der Waals surface area (Å²) >= 11 is 6.18. The van der Waals surface area contributed by atoms with Crippen molar-refractivity contribution in [3.05, 3.63) is 22.2 Å². The molecule has 0 aliphatic heterocycles. The highest BCUT2D eigenvalue weighted by molar-refractivity contribution is 6.32. The summed E-state index contributed by atoms with van der Waals surface area (Å²) in [5.74, 6) is 0.893. The van der Waals surface area contributed by atoms with E-state index in [1.54, 1.807) is 7.11 Å². The lowest BCUT2D eigenvalue weighted by Gasteiger charge is -2.15. The number of benzene rings is 1. The molecule has 0 spiro atoms. The molecular formula is C13H16ClNO2. The van der Waals surface area contributed by atoms with Crippen molar-refractivity contribution in [2.75, 3.05) is 12.4 Å². The maximum absolute atomic E-state index is 11.8. The number of nitrogens with one attached hydrogen (secondary N) is 1.